The maximum Gasteiger partial charge on any atom is 0.124 e. The molecule has 1 unspecified atom stereocenters. The van der Waals surface area contributed by atoms with Crippen LogP contribution in [0, 0.1) is 0 Å². The number of benzene rings is 2. The third-order valence-corrected chi connectivity index (χ3v) is 6.73. The first-order chi connectivity index (χ1) is 17.5. The van der Waals surface area contributed by atoms with Gasteiger partial charge in [0.15, 0.2) is 0 Å². The summed E-state index contributed by atoms with van der Waals surface area (Å²) in [4.78, 5) is 14.2. The summed E-state index contributed by atoms with van der Waals surface area (Å²) in [6, 6.07) is 12.2. The molecule has 0 saturated carbocycles. The van der Waals surface area contributed by atoms with Crippen molar-refractivity contribution in [3.8, 4) is 22.8 Å². The van der Waals surface area contributed by atoms with E-state index in [0.717, 1.165) is 77.6 Å². The van der Waals surface area contributed by atoms with Gasteiger partial charge in [-0.15, -0.1) is 0 Å². The number of hydrogen-bond donors (Lipinski definition) is 1. The van der Waals surface area contributed by atoms with Crippen molar-refractivity contribution in [3.05, 3.63) is 55.0 Å². The molecule has 0 amide bonds. The fraction of sp³-hybridized carbons (Fsp3) is 0.370. The van der Waals surface area contributed by atoms with Crippen molar-refractivity contribution in [2.24, 2.45) is 12.8 Å². The van der Waals surface area contributed by atoms with E-state index in [2.05, 4.69) is 32.0 Å². The highest BCUT2D eigenvalue weighted by molar-refractivity contribution is 5.82. The molecule has 3 heterocycles. The van der Waals surface area contributed by atoms with Crippen molar-refractivity contribution in [3.63, 3.8) is 0 Å². The van der Waals surface area contributed by atoms with Gasteiger partial charge in [0.05, 0.1) is 49.5 Å². The minimum atomic E-state index is 0.164. The molecule has 36 heavy (non-hydrogen) atoms. The highest BCUT2D eigenvalue weighted by Crippen LogP contribution is 2.34. The van der Waals surface area contributed by atoms with E-state index in [1.165, 1.54) is 6.42 Å². The average Bonchev–Trinajstić information content (AvgIpc) is 3.53. The second-order valence-corrected chi connectivity index (χ2v) is 9.15. The van der Waals surface area contributed by atoms with Crippen molar-refractivity contribution in [2.45, 2.75) is 25.4 Å². The third kappa shape index (κ3) is 5.12. The van der Waals surface area contributed by atoms with Gasteiger partial charge < -0.3 is 20.1 Å². The molecular weight excluding hydrogens is 454 g/mol. The van der Waals surface area contributed by atoms with E-state index >= 15 is 0 Å². The van der Waals surface area contributed by atoms with Crippen molar-refractivity contribution in [1.82, 2.24) is 24.6 Å². The Balaban J connectivity index is 1.50. The topological polar surface area (TPSA) is 94.6 Å². The number of likely N-dealkylation sites (tertiary alicyclic amines) is 1. The standard InChI is InChI=1S/C27H33N7O2/c1-32-18-19(16-30-32)26-17-29-24-8-7-20(14-25(24)31-26)34(11-5-10-33-9-4-6-27(33)28)21-12-22(35-2)15-23(13-21)36-3/h7-8,12-18,27H,4-6,9-11,28H2,1-3H3. The highest BCUT2D eigenvalue weighted by atomic mass is 16.5. The zero-order chi connectivity index (χ0) is 25.1. The van der Waals surface area contributed by atoms with Gasteiger partial charge in [0.1, 0.15) is 11.5 Å². The Morgan fingerprint density at radius 1 is 1.03 bits per heavy atom. The van der Waals surface area contributed by atoms with E-state index in [9.17, 15) is 0 Å². The van der Waals surface area contributed by atoms with Crippen LogP contribution < -0.4 is 20.1 Å². The minimum absolute atomic E-state index is 0.164. The zero-order valence-electron chi connectivity index (χ0n) is 21.1. The summed E-state index contributed by atoms with van der Waals surface area (Å²) >= 11 is 0. The fourth-order valence-corrected chi connectivity index (χ4v) is 4.78. The van der Waals surface area contributed by atoms with E-state index in [0.29, 0.717) is 0 Å². The quantitative estimate of drug-likeness (QED) is 0.379. The highest BCUT2D eigenvalue weighted by Gasteiger charge is 2.21. The Morgan fingerprint density at radius 3 is 2.50 bits per heavy atom. The third-order valence-electron chi connectivity index (χ3n) is 6.73. The number of nitrogens with zero attached hydrogens (tertiary/aromatic N) is 6. The van der Waals surface area contributed by atoms with Crippen LogP contribution in [0.25, 0.3) is 22.3 Å². The molecule has 0 spiro atoms. The van der Waals surface area contributed by atoms with Crippen LogP contribution in [0.15, 0.2) is 55.0 Å². The molecule has 0 bridgehead atoms. The minimum Gasteiger partial charge on any atom is -0.497 e. The molecular formula is C27H33N7O2. The van der Waals surface area contributed by atoms with Gasteiger partial charge in [-0.25, -0.2) is 4.98 Å². The Labute approximate surface area is 211 Å². The Bertz CT molecular complexity index is 1320. The smallest absolute Gasteiger partial charge is 0.124 e. The second kappa shape index (κ2) is 10.5. The van der Waals surface area contributed by atoms with Crippen LogP contribution in [0.1, 0.15) is 19.3 Å². The SMILES string of the molecule is COc1cc(OC)cc(N(CCCN2CCCC2N)c2ccc3ncc(-c4cnn(C)c4)nc3c2)c1. The predicted molar refractivity (Wildman–Crippen MR) is 142 cm³/mol. The number of ether oxygens (including phenoxy) is 2. The van der Waals surface area contributed by atoms with Crippen molar-refractivity contribution in [1.29, 1.82) is 0 Å². The predicted octanol–water partition coefficient (Wildman–Crippen LogP) is 3.96. The summed E-state index contributed by atoms with van der Waals surface area (Å²) in [5.74, 6) is 1.49. The molecule has 5 rings (SSSR count). The molecule has 1 fully saturated rings. The molecule has 1 saturated heterocycles. The van der Waals surface area contributed by atoms with Crippen LogP contribution in [-0.4, -0.2) is 64.7 Å². The lowest BCUT2D eigenvalue weighted by molar-refractivity contribution is 0.257. The van der Waals surface area contributed by atoms with Crippen molar-refractivity contribution in [2.75, 3.05) is 38.8 Å². The maximum absolute atomic E-state index is 6.28. The molecule has 0 aliphatic carbocycles. The Hall–Kier alpha value is -3.69. The van der Waals surface area contributed by atoms with Crippen LogP contribution in [0.3, 0.4) is 0 Å². The first kappa shape index (κ1) is 24.0. The first-order valence-corrected chi connectivity index (χ1v) is 12.3. The molecule has 1 aliphatic heterocycles. The van der Waals surface area contributed by atoms with E-state index in [4.69, 9.17) is 20.2 Å². The summed E-state index contributed by atoms with van der Waals surface area (Å²) in [6.45, 7) is 2.83. The number of aromatic nitrogens is 4. The summed E-state index contributed by atoms with van der Waals surface area (Å²) in [7, 11) is 5.23. The lowest BCUT2D eigenvalue weighted by atomic mass is 10.1. The molecule has 2 aromatic heterocycles. The summed E-state index contributed by atoms with van der Waals surface area (Å²) < 4.78 is 12.9. The van der Waals surface area contributed by atoms with Gasteiger partial charge in [0.25, 0.3) is 0 Å². The largest absolute Gasteiger partial charge is 0.497 e. The van der Waals surface area contributed by atoms with E-state index in [-0.39, 0.29) is 6.17 Å². The Kier molecular flexibility index (Phi) is 7.02. The van der Waals surface area contributed by atoms with Gasteiger partial charge in [-0.05, 0) is 44.0 Å². The summed E-state index contributed by atoms with van der Waals surface area (Å²) in [6.07, 6.45) is 8.90. The van der Waals surface area contributed by atoms with Crippen LogP contribution in [0.2, 0.25) is 0 Å². The van der Waals surface area contributed by atoms with Crippen LogP contribution in [-0.2, 0) is 7.05 Å². The van der Waals surface area contributed by atoms with Crippen LogP contribution in [0.4, 0.5) is 11.4 Å². The zero-order valence-corrected chi connectivity index (χ0v) is 21.1. The fourth-order valence-electron chi connectivity index (χ4n) is 4.78. The summed E-state index contributed by atoms with van der Waals surface area (Å²) in [5.41, 5.74) is 11.7. The molecule has 2 N–H and O–H groups in total. The molecule has 2 aromatic carbocycles. The number of aryl methyl sites for hydroxylation is 1. The molecule has 4 aromatic rings. The van der Waals surface area contributed by atoms with Gasteiger partial charge in [-0.2, -0.15) is 5.10 Å². The van der Waals surface area contributed by atoms with Crippen molar-refractivity contribution >= 4 is 22.4 Å². The summed E-state index contributed by atoms with van der Waals surface area (Å²) in [5, 5.41) is 4.27. The lowest BCUT2D eigenvalue weighted by Crippen LogP contribution is -2.38. The number of hydrogen-bond acceptors (Lipinski definition) is 8. The lowest BCUT2D eigenvalue weighted by Gasteiger charge is -2.28. The van der Waals surface area contributed by atoms with Gasteiger partial charge in [0, 0.05) is 61.5 Å². The average molecular weight is 488 g/mol. The molecule has 188 valence electrons. The normalized spacial score (nSPS) is 15.9. The first-order valence-electron chi connectivity index (χ1n) is 12.3. The van der Waals surface area contributed by atoms with Crippen LogP contribution >= 0.6 is 0 Å². The molecule has 9 nitrogen and oxygen atoms in total. The van der Waals surface area contributed by atoms with E-state index in [1.807, 2.05) is 37.5 Å². The second-order valence-electron chi connectivity index (χ2n) is 9.15. The number of anilines is 2. The number of methoxy groups -OCH3 is 2. The molecule has 1 atom stereocenters. The van der Waals surface area contributed by atoms with Crippen molar-refractivity contribution < 1.29 is 9.47 Å². The van der Waals surface area contributed by atoms with E-state index in [1.54, 1.807) is 31.3 Å². The number of nitrogens with two attached hydrogens (primary N) is 1. The van der Waals surface area contributed by atoms with Gasteiger partial charge in [-0.1, -0.05) is 0 Å². The monoisotopic (exact) mass is 487 g/mol. The molecule has 0 radical (unpaired) electrons. The maximum atomic E-state index is 6.28. The molecule has 9 heteroatoms. The van der Waals surface area contributed by atoms with Gasteiger partial charge in [-0.3, -0.25) is 14.6 Å². The van der Waals surface area contributed by atoms with Gasteiger partial charge >= 0.3 is 0 Å². The van der Waals surface area contributed by atoms with Gasteiger partial charge in [0.2, 0.25) is 0 Å². The number of fused-ring (bicyclic) bond motifs is 1. The molecule has 1 aliphatic rings. The number of rotatable bonds is 9. The Morgan fingerprint density at radius 2 is 1.83 bits per heavy atom. The van der Waals surface area contributed by atoms with Crippen LogP contribution in [0.5, 0.6) is 11.5 Å². The van der Waals surface area contributed by atoms with E-state index < -0.39 is 0 Å².